The van der Waals surface area contributed by atoms with Gasteiger partial charge in [-0.05, 0) is 26.0 Å². The van der Waals surface area contributed by atoms with Gasteiger partial charge in [0.15, 0.2) is 0 Å². The lowest BCUT2D eigenvalue weighted by Gasteiger charge is -2.21. The van der Waals surface area contributed by atoms with Crippen molar-refractivity contribution in [3.8, 4) is 0 Å². The second-order valence-electron chi connectivity index (χ2n) is 4.37. The number of hydrogen-bond donors (Lipinski definition) is 1. The van der Waals surface area contributed by atoms with Gasteiger partial charge >= 0.3 is 5.97 Å². The quantitative estimate of drug-likeness (QED) is 0.727. The molecule has 94 valence electrons. The summed E-state index contributed by atoms with van der Waals surface area (Å²) in [6.07, 6.45) is 6.00. The molecule has 0 spiro atoms. The summed E-state index contributed by atoms with van der Waals surface area (Å²) in [6, 6.07) is 0.576. The fourth-order valence-corrected chi connectivity index (χ4v) is 3.10. The topological polar surface area (TPSA) is 38.3 Å². The molecule has 0 heterocycles. The van der Waals surface area contributed by atoms with E-state index in [1.807, 2.05) is 25.6 Å². The first-order valence-corrected chi connectivity index (χ1v) is 7.40. The molecular formula is C12H23NO2S. The van der Waals surface area contributed by atoms with Gasteiger partial charge < -0.3 is 10.1 Å². The number of thioether (sulfide) groups is 1. The van der Waals surface area contributed by atoms with Crippen LogP contribution in [-0.4, -0.2) is 36.7 Å². The van der Waals surface area contributed by atoms with E-state index in [-0.39, 0.29) is 11.9 Å². The summed E-state index contributed by atoms with van der Waals surface area (Å²) in [5, 5.41) is 4.22. The van der Waals surface area contributed by atoms with Crippen molar-refractivity contribution >= 4 is 17.7 Å². The maximum atomic E-state index is 11.4. The maximum absolute atomic E-state index is 11.4. The molecule has 0 aromatic carbocycles. The first-order chi connectivity index (χ1) is 7.69. The molecule has 1 aliphatic carbocycles. The summed E-state index contributed by atoms with van der Waals surface area (Å²) < 4.78 is 4.99. The van der Waals surface area contributed by atoms with Gasteiger partial charge in [-0.3, -0.25) is 4.79 Å². The van der Waals surface area contributed by atoms with E-state index in [0.29, 0.717) is 12.6 Å². The number of nitrogens with one attached hydrogen (secondary N) is 1. The van der Waals surface area contributed by atoms with Crippen molar-refractivity contribution in [2.45, 2.75) is 44.4 Å². The Bertz CT molecular complexity index is 223. The van der Waals surface area contributed by atoms with Gasteiger partial charge in [-0.25, -0.2) is 0 Å². The van der Waals surface area contributed by atoms with Crippen molar-refractivity contribution < 1.29 is 9.53 Å². The number of rotatable bonds is 6. The molecule has 3 unspecified atom stereocenters. The van der Waals surface area contributed by atoms with Crippen LogP contribution in [0.25, 0.3) is 0 Å². The number of carbonyl (C=O) groups is 1. The zero-order valence-corrected chi connectivity index (χ0v) is 11.3. The van der Waals surface area contributed by atoms with Crippen molar-refractivity contribution in [3.05, 3.63) is 0 Å². The van der Waals surface area contributed by atoms with Gasteiger partial charge in [0.2, 0.25) is 0 Å². The van der Waals surface area contributed by atoms with E-state index >= 15 is 0 Å². The standard InChI is InChI=1S/C12H23NO2S/c1-4-15-12(14)9(2)8-13-10-6-5-7-11(10)16-3/h9-11,13H,4-8H2,1-3H3. The first kappa shape index (κ1) is 13.8. The Kier molecular flexibility index (Phi) is 6.21. The van der Waals surface area contributed by atoms with E-state index in [0.717, 1.165) is 11.8 Å². The van der Waals surface area contributed by atoms with Gasteiger partial charge in [-0.1, -0.05) is 13.3 Å². The highest BCUT2D eigenvalue weighted by atomic mass is 32.2. The number of esters is 1. The molecule has 0 bridgehead atoms. The molecule has 0 saturated heterocycles. The van der Waals surface area contributed by atoms with Crippen LogP contribution in [0, 0.1) is 5.92 Å². The van der Waals surface area contributed by atoms with Crippen LogP contribution in [0.15, 0.2) is 0 Å². The van der Waals surface area contributed by atoms with Gasteiger partial charge in [0.25, 0.3) is 0 Å². The molecule has 0 radical (unpaired) electrons. The normalized spacial score (nSPS) is 26.7. The SMILES string of the molecule is CCOC(=O)C(C)CNC1CCCC1SC. The summed E-state index contributed by atoms with van der Waals surface area (Å²) in [5.74, 6) is -0.128. The lowest BCUT2D eigenvalue weighted by atomic mass is 10.1. The van der Waals surface area contributed by atoms with E-state index in [1.54, 1.807) is 0 Å². The van der Waals surface area contributed by atoms with Gasteiger partial charge in [-0.2, -0.15) is 11.8 Å². The first-order valence-electron chi connectivity index (χ1n) is 6.11. The molecule has 0 amide bonds. The number of ether oxygens (including phenoxy) is 1. The molecule has 0 aromatic rings. The summed E-state index contributed by atoms with van der Waals surface area (Å²) in [5.41, 5.74) is 0. The van der Waals surface area contributed by atoms with Gasteiger partial charge in [0, 0.05) is 17.8 Å². The minimum Gasteiger partial charge on any atom is -0.466 e. The van der Waals surface area contributed by atoms with Crippen LogP contribution in [0.5, 0.6) is 0 Å². The Morgan fingerprint density at radius 3 is 2.94 bits per heavy atom. The summed E-state index contributed by atoms with van der Waals surface area (Å²) in [4.78, 5) is 11.4. The molecule has 1 aliphatic rings. The molecule has 1 N–H and O–H groups in total. The van der Waals surface area contributed by atoms with Crippen LogP contribution >= 0.6 is 11.8 Å². The maximum Gasteiger partial charge on any atom is 0.309 e. The third kappa shape index (κ3) is 3.98. The molecule has 1 rings (SSSR count). The highest BCUT2D eigenvalue weighted by molar-refractivity contribution is 7.99. The van der Waals surface area contributed by atoms with Crippen molar-refractivity contribution in [2.24, 2.45) is 5.92 Å². The molecule has 1 saturated carbocycles. The van der Waals surface area contributed by atoms with Crippen molar-refractivity contribution in [1.82, 2.24) is 5.32 Å². The van der Waals surface area contributed by atoms with Crippen LogP contribution in [0.1, 0.15) is 33.1 Å². The van der Waals surface area contributed by atoms with Gasteiger partial charge in [0.1, 0.15) is 0 Å². The van der Waals surface area contributed by atoms with Crippen LogP contribution < -0.4 is 5.32 Å². The summed E-state index contributed by atoms with van der Waals surface area (Å²) in [7, 11) is 0. The average Bonchev–Trinajstić information content (AvgIpc) is 2.73. The Morgan fingerprint density at radius 2 is 2.31 bits per heavy atom. The molecule has 0 aliphatic heterocycles. The minimum absolute atomic E-state index is 0.0388. The van der Waals surface area contributed by atoms with E-state index in [9.17, 15) is 4.79 Å². The molecule has 3 atom stereocenters. The Labute approximate surface area is 103 Å². The molecule has 0 aromatic heterocycles. The van der Waals surface area contributed by atoms with E-state index in [2.05, 4.69) is 11.6 Å². The third-order valence-corrected chi connectivity index (χ3v) is 4.30. The van der Waals surface area contributed by atoms with E-state index in [1.165, 1.54) is 19.3 Å². The highest BCUT2D eigenvalue weighted by Crippen LogP contribution is 2.28. The predicted octanol–water partition coefficient (Wildman–Crippen LogP) is 2.06. The average molecular weight is 245 g/mol. The second kappa shape index (κ2) is 7.17. The van der Waals surface area contributed by atoms with Gasteiger partial charge in [-0.15, -0.1) is 0 Å². The van der Waals surface area contributed by atoms with Gasteiger partial charge in [0.05, 0.1) is 12.5 Å². The van der Waals surface area contributed by atoms with Crippen LogP contribution in [-0.2, 0) is 9.53 Å². The molecule has 4 heteroatoms. The van der Waals surface area contributed by atoms with Crippen molar-refractivity contribution in [3.63, 3.8) is 0 Å². The lowest BCUT2D eigenvalue weighted by Crippen LogP contribution is -2.38. The number of hydrogen-bond acceptors (Lipinski definition) is 4. The summed E-state index contributed by atoms with van der Waals surface area (Å²) in [6.45, 7) is 4.98. The largest absolute Gasteiger partial charge is 0.466 e. The zero-order chi connectivity index (χ0) is 12.0. The smallest absolute Gasteiger partial charge is 0.309 e. The van der Waals surface area contributed by atoms with Crippen LogP contribution in [0.4, 0.5) is 0 Å². The van der Waals surface area contributed by atoms with E-state index < -0.39 is 0 Å². The second-order valence-corrected chi connectivity index (χ2v) is 5.45. The number of carbonyl (C=O) groups excluding carboxylic acids is 1. The molecule has 16 heavy (non-hydrogen) atoms. The highest BCUT2D eigenvalue weighted by Gasteiger charge is 2.27. The van der Waals surface area contributed by atoms with Crippen molar-refractivity contribution in [2.75, 3.05) is 19.4 Å². The minimum atomic E-state index is -0.0892. The fourth-order valence-electron chi connectivity index (χ4n) is 2.14. The van der Waals surface area contributed by atoms with Crippen LogP contribution in [0.3, 0.4) is 0 Å². The van der Waals surface area contributed by atoms with Crippen LogP contribution in [0.2, 0.25) is 0 Å². The Morgan fingerprint density at radius 1 is 1.56 bits per heavy atom. The van der Waals surface area contributed by atoms with E-state index in [4.69, 9.17) is 4.74 Å². The van der Waals surface area contributed by atoms with Crippen molar-refractivity contribution in [1.29, 1.82) is 0 Å². The lowest BCUT2D eigenvalue weighted by molar-refractivity contribution is -0.147. The fraction of sp³-hybridized carbons (Fsp3) is 0.917. The Hall–Kier alpha value is -0.220. The zero-order valence-electron chi connectivity index (χ0n) is 10.5. The third-order valence-electron chi connectivity index (χ3n) is 3.13. The molecular weight excluding hydrogens is 222 g/mol. The predicted molar refractivity (Wildman–Crippen MR) is 68.7 cm³/mol. The molecule has 1 fully saturated rings. The summed E-state index contributed by atoms with van der Waals surface area (Å²) >= 11 is 1.93. The molecule has 3 nitrogen and oxygen atoms in total. The Balaban J connectivity index is 2.25. The monoisotopic (exact) mass is 245 g/mol.